The number of thiazole rings is 1. The number of hydrogen-bond donors (Lipinski definition) is 1. The molecule has 3 rings (SSSR count). The summed E-state index contributed by atoms with van der Waals surface area (Å²) in [6, 6.07) is 0. The molecule has 0 spiro atoms. The van der Waals surface area contributed by atoms with E-state index in [-0.39, 0.29) is 5.97 Å². The van der Waals surface area contributed by atoms with E-state index in [9.17, 15) is 4.79 Å². The average molecular weight is 319 g/mol. The first-order chi connectivity index (χ1) is 10.6. The minimum Gasteiger partial charge on any atom is -0.462 e. The van der Waals surface area contributed by atoms with Gasteiger partial charge in [-0.15, -0.1) is 11.3 Å². The van der Waals surface area contributed by atoms with Gasteiger partial charge in [-0.25, -0.2) is 9.78 Å². The van der Waals surface area contributed by atoms with Crippen molar-refractivity contribution in [1.29, 1.82) is 0 Å². The Morgan fingerprint density at radius 3 is 2.82 bits per heavy atom. The summed E-state index contributed by atoms with van der Waals surface area (Å²) < 4.78 is 5.14. The molecule has 5 nitrogen and oxygen atoms in total. The Hall–Kier alpha value is -1.82. The fourth-order valence-electron chi connectivity index (χ4n) is 2.95. The van der Waals surface area contributed by atoms with E-state index in [1.54, 1.807) is 11.3 Å². The fraction of sp³-hybridized carbons (Fsp3) is 0.500. The first kappa shape index (κ1) is 15.1. The highest BCUT2D eigenvalue weighted by atomic mass is 32.1. The minimum atomic E-state index is -0.269. The maximum Gasteiger partial charge on any atom is 0.340 e. The fourth-order valence-corrected chi connectivity index (χ4v) is 3.82. The van der Waals surface area contributed by atoms with Crippen molar-refractivity contribution in [2.24, 2.45) is 0 Å². The summed E-state index contributed by atoms with van der Waals surface area (Å²) in [4.78, 5) is 22.4. The summed E-state index contributed by atoms with van der Waals surface area (Å²) >= 11 is 1.66. The van der Waals surface area contributed by atoms with E-state index in [4.69, 9.17) is 9.72 Å². The second-order valence-electron chi connectivity index (χ2n) is 5.55. The lowest BCUT2D eigenvalue weighted by molar-refractivity contribution is 0.0525. The number of carbonyl (C=O) groups is 1. The third-order valence-corrected chi connectivity index (χ3v) is 4.94. The molecule has 3 heterocycles. The molecule has 1 fully saturated rings. The number of carbonyl (C=O) groups excluding carboxylic acids is 1. The highest BCUT2D eigenvalue weighted by molar-refractivity contribution is 7.14. The largest absolute Gasteiger partial charge is 0.462 e. The number of anilines is 1. The molecule has 1 saturated heterocycles. The molecule has 1 aliphatic heterocycles. The van der Waals surface area contributed by atoms with Crippen molar-refractivity contribution in [1.82, 2.24) is 9.97 Å². The van der Waals surface area contributed by atoms with Gasteiger partial charge in [0.1, 0.15) is 5.69 Å². The SMILES string of the molecule is CCOC(=O)c1c(C)[nH]c(-c2csc(N3CCCC3)n2)c1C. The molecule has 0 aliphatic carbocycles. The Kier molecular flexibility index (Phi) is 4.20. The quantitative estimate of drug-likeness (QED) is 0.876. The number of nitrogens with zero attached hydrogens (tertiary/aromatic N) is 2. The molecule has 6 heteroatoms. The number of aromatic nitrogens is 2. The lowest BCUT2D eigenvalue weighted by atomic mass is 10.1. The molecule has 0 aromatic carbocycles. The van der Waals surface area contributed by atoms with E-state index in [0.29, 0.717) is 12.2 Å². The highest BCUT2D eigenvalue weighted by Crippen LogP contribution is 2.32. The number of rotatable bonds is 4. The van der Waals surface area contributed by atoms with Crippen LogP contribution in [0.4, 0.5) is 5.13 Å². The van der Waals surface area contributed by atoms with Gasteiger partial charge in [-0.05, 0) is 39.2 Å². The molecule has 2 aromatic heterocycles. The molecule has 0 amide bonds. The molecule has 1 aliphatic rings. The molecule has 2 aromatic rings. The summed E-state index contributed by atoms with van der Waals surface area (Å²) in [6.07, 6.45) is 2.48. The number of esters is 1. The van der Waals surface area contributed by atoms with Crippen LogP contribution in [0.2, 0.25) is 0 Å². The second-order valence-corrected chi connectivity index (χ2v) is 6.39. The molecule has 1 N–H and O–H groups in total. The van der Waals surface area contributed by atoms with E-state index in [0.717, 1.165) is 40.9 Å². The van der Waals surface area contributed by atoms with Crippen LogP contribution in [0.3, 0.4) is 0 Å². The van der Waals surface area contributed by atoms with Crippen LogP contribution in [0.5, 0.6) is 0 Å². The maximum atomic E-state index is 12.1. The van der Waals surface area contributed by atoms with Gasteiger partial charge in [0, 0.05) is 24.2 Å². The lowest BCUT2D eigenvalue weighted by Gasteiger charge is -2.12. The zero-order valence-corrected chi connectivity index (χ0v) is 14.0. The average Bonchev–Trinajstić information content (AvgIpc) is 3.18. The summed E-state index contributed by atoms with van der Waals surface area (Å²) in [6.45, 7) is 8.22. The van der Waals surface area contributed by atoms with Crippen molar-refractivity contribution in [3.8, 4) is 11.4 Å². The molecule has 0 unspecified atom stereocenters. The van der Waals surface area contributed by atoms with Gasteiger partial charge in [0.05, 0.1) is 17.9 Å². The van der Waals surface area contributed by atoms with Crippen molar-refractivity contribution >= 4 is 22.4 Å². The van der Waals surface area contributed by atoms with Crippen molar-refractivity contribution in [2.75, 3.05) is 24.6 Å². The predicted molar refractivity (Wildman–Crippen MR) is 88.8 cm³/mol. The smallest absolute Gasteiger partial charge is 0.340 e. The highest BCUT2D eigenvalue weighted by Gasteiger charge is 2.22. The lowest BCUT2D eigenvalue weighted by Crippen LogP contribution is -2.17. The summed E-state index contributed by atoms with van der Waals surface area (Å²) in [7, 11) is 0. The van der Waals surface area contributed by atoms with Crippen LogP contribution < -0.4 is 4.90 Å². The molecule has 0 bridgehead atoms. The maximum absolute atomic E-state index is 12.1. The number of ether oxygens (including phenoxy) is 1. The van der Waals surface area contributed by atoms with E-state index in [1.807, 2.05) is 20.8 Å². The van der Waals surface area contributed by atoms with Crippen LogP contribution in [0, 0.1) is 13.8 Å². The van der Waals surface area contributed by atoms with E-state index in [2.05, 4.69) is 15.3 Å². The Bertz CT molecular complexity index is 684. The molecule has 0 saturated carbocycles. The van der Waals surface area contributed by atoms with Crippen LogP contribution in [-0.2, 0) is 4.74 Å². The number of hydrogen-bond acceptors (Lipinski definition) is 5. The number of aromatic amines is 1. The third-order valence-electron chi connectivity index (χ3n) is 4.04. The van der Waals surface area contributed by atoms with Gasteiger partial charge in [0.15, 0.2) is 5.13 Å². The number of nitrogens with one attached hydrogen (secondary N) is 1. The standard InChI is InChI=1S/C16H21N3O2S/c1-4-21-15(20)13-10(2)14(17-11(13)3)12-9-22-16(18-12)19-7-5-6-8-19/h9,17H,4-8H2,1-3H3. The zero-order valence-electron chi connectivity index (χ0n) is 13.2. The van der Waals surface area contributed by atoms with Crippen LogP contribution in [0.1, 0.15) is 41.4 Å². The summed E-state index contributed by atoms with van der Waals surface area (Å²) in [5.41, 5.74) is 4.20. The van der Waals surface area contributed by atoms with Gasteiger partial charge in [-0.2, -0.15) is 0 Å². The van der Waals surface area contributed by atoms with Gasteiger partial charge in [0.25, 0.3) is 0 Å². The predicted octanol–water partition coefficient (Wildman–Crippen LogP) is 3.53. The zero-order chi connectivity index (χ0) is 15.7. The minimum absolute atomic E-state index is 0.269. The van der Waals surface area contributed by atoms with E-state index in [1.165, 1.54) is 12.8 Å². The molecule has 118 valence electrons. The van der Waals surface area contributed by atoms with Gasteiger partial charge in [-0.3, -0.25) is 0 Å². The number of aryl methyl sites for hydroxylation is 1. The Morgan fingerprint density at radius 1 is 1.41 bits per heavy atom. The molecule has 0 radical (unpaired) electrons. The Labute approximate surface area is 134 Å². The third kappa shape index (κ3) is 2.63. The monoisotopic (exact) mass is 319 g/mol. The second kappa shape index (κ2) is 6.12. The van der Waals surface area contributed by atoms with Crippen LogP contribution in [-0.4, -0.2) is 35.6 Å². The van der Waals surface area contributed by atoms with Crippen LogP contribution >= 0.6 is 11.3 Å². The van der Waals surface area contributed by atoms with Crippen LogP contribution in [0.25, 0.3) is 11.4 Å². The summed E-state index contributed by atoms with van der Waals surface area (Å²) in [5.74, 6) is -0.269. The Morgan fingerprint density at radius 2 is 2.14 bits per heavy atom. The van der Waals surface area contributed by atoms with E-state index < -0.39 is 0 Å². The molecular weight excluding hydrogens is 298 g/mol. The normalized spacial score (nSPS) is 14.6. The Balaban J connectivity index is 1.92. The van der Waals surface area contributed by atoms with Crippen LogP contribution in [0.15, 0.2) is 5.38 Å². The first-order valence-electron chi connectivity index (χ1n) is 7.69. The first-order valence-corrected chi connectivity index (χ1v) is 8.57. The van der Waals surface area contributed by atoms with E-state index >= 15 is 0 Å². The van der Waals surface area contributed by atoms with Crippen molar-refractivity contribution in [3.63, 3.8) is 0 Å². The van der Waals surface area contributed by atoms with Gasteiger partial charge < -0.3 is 14.6 Å². The molecule has 0 atom stereocenters. The van der Waals surface area contributed by atoms with Gasteiger partial charge >= 0.3 is 5.97 Å². The van der Waals surface area contributed by atoms with Crippen molar-refractivity contribution < 1.29 is 9.53 Å². The van der Waals surface area contributed by atoms with Crippen molar-refractivity contribution in [2.45, 2.75) is 33.6 Å². The van der Waals surface area contributed by atoms with Crippen molar-refractivity contribution in [3.05, 3.63) is 22.2 Å². The summed E-state index contributed by atoms with van der Waals surface area (Å²) in [5, 5.41) is 3.12. The molecule has 22 heavy (non-hydrogen) atoms. The molecular formula is C16H21N3O2S. The van der Waals surface area contributed by atoms with Gasteiger partial charge in [0.2, 0.25) is 0 Å². The van der Waals surface area contributed by atoms with Gasteiger partial charge in [-0.1, -0.05) is 0 Å². The number of H-pyrrole nitrogens is 1. The topological polar surface area (TPSA) is 58.2 Å².